The fourth-order valence-electron chi connectivity index (χ4n) is 1.76. The van der Waals surface area contributed by atoms with Crippen LogP contribution < -0.4 is 10.5 Å². The van der Waals surface area contributed by atoms with E-state index in [1.54, 1.807) is 7.11 Å². The second kappa shape index (κ2) is 5.99. The van der Waals surface area contributed by atoms with Gasteiger partial charge in [0.2, 0.25) is 0 Å². The summed E-state index contributed by atoms with van der Waals surface area (Å²) in [5.41, 5.74) is 9.50. The minimum absolute atomic E-state index is 0. The van der Waals surface area contributed by atoms with E-state index < -0.39 is 0 Å². The molecule has 86 valence electrons. The fourth-order valence-corrected chi connectivity index (χ4v) is 1.76. The first-order valence-corrected chi connectivity index (χ1v) is 5.00. The molecule has 0 amide bonds. The van der Waals surface area contributed by atoms with Gasteiger partial charge in [0.25, 0.3) is 0 Å². The highest BCUT2D eigenvalue weighted by atomic mass is 35.5. The Kier molecular flexibility index (Phi) is 5.69. The standard InChI is InChI=1S/C12H19NO.ClH/c1-5-11(13)10-6-8(2)12(14-4)9(3)7-10;/h6-7,11H,5,13H2,1-4H3;1H/t11-;/m0./s1. The number of benzene rings is 1. The number of hydrogen-bond donors (Lipinski definition) is 1. The van der Waals surface area contributed by atoms with Gasteiger partial charge in [0.1, 0.15) is 5.75 Å². The van der Waals surface area contributed by atoms with E-state index in [9.17, 15) is 0 Å². The van der Waals surface area contributed by atoms with Gasteiger partial charge >= 0.3 is 0 Å². The van der Waals surface area contributed by atoms with Gasteiger partial charge in [0.05, 0.1) is 7.11 Å². The van der Waals surface area contributed by atoms with E-state index in [1.807, 2.05) is 0 Å². The molecule has 0 unspecified atom stereocenters. The molecule has 0 aliphatic heterocycles. The molecule has 0 saturated heterocycles. The lowest BCUT2D eigenvalue weighted by Crippen LogP contribution is -2.09. The maximum atomic E-state index is 5.98. The number of methoxy groups -OCH3 is 1. The molecule has 0 saturated carbocycles. The van der Waals surface area contributed by atoms with Gasteiger partial charge in [-0.2, -0.15) is 0 Å². The van der Waals surface area contributed by atoms with Gasteiger partial charge in [-0.15, -0.1) is 12.4 Å². The smallest absolute Gasteiger partial charge is 0.124 e. The summed E-state index contributed by atoms with van der Waals surface area (Å²) in [6, 6.07) is 4.36. The second-order valence-corrected chi connectivity index (χ2v) is 3.70. The van der Waals surface area contributed by atoms with E-state index in [4.69, 9.17) is 10.5 Å². The van der Waals surface area contributed by atoms with Crippen LogP contribution in [0.15, 0.2) is 12.1 Å². The molecule has 2 nitrogen and oxygen atoms in total. The predicted molar refractivity (Wildman–Crippen MR) is 66.9 cm³/mol. The van der Waals surface area contributed by atoms with Crippen molar-refractivity contribution in [1.82, 2.24) is 0 Å². The second-order valence-electron chi connectivity index (χ2n) is 3.70. The van der Waals surface area contributed by atoms with Crippen molar-refractivity contribution in [2.75, 3.05) is 7.11 Å². The topological polar surface area (TPSA) is 35.2 Å². The van der Waals surface area contributed by atoms with Crippen molar-refractivity contribution in [3.05, 3.63) is 28.8 Å². The molecule has 0 heterocycles. The van der Waals surface area contributed by atoms with Crippen LogP contribution in [0.3, 0.4) is 0 Å². The van der Waals surface area contributed by atoms with E-state index in [0.717, 1.165) is 23.3 Å². The number of aryl methyl sites for hydroxylation is 2. The molecule has 1 atom stereocenters. The summed E-state index contributed by atoms with van der Waals surface area (Å²) in [5, 5.41) is 0. The molecule has 0 fully saturated rings. The third-order valence-electron chi connectivity index (χ3n) is 2.55. The lowest BCUT2D eigenvalue weighted by atomic mass is 9.99. The van der Waals surface area contributed by atoms with Crippen LogP contribution in [0.1, 0.15) is 36.1 Å². The van der Waals surface area contributed by atoms with Crippen LogP contribution >= 0.6 is 12.4 Å². The van der Waals surface area contributed by atoms with E-state index in [2.05, 4.69) is 32.9 Å². The van der Waals surface area contributed by atoms with Gasteiger partial charge in [0.15, 0.2) is 0 Å². The Morgan fingerprint density at radius 3 is 2.07 bits per heavy atom. The van der Waals surface area contributed by atoms with E-state index in [-0.39, 0.29) is 18.4 Å². The quantitative estimate of drug-likeness (QED) is 0.864. The lowest BCUT2D eigenvalue weighted by molar-refractivity contribution is 0.408. The van der Waals surface area contributed by atoms with Gasteiger partial charge in [-0.3, -0.25) is 0 Å². The van der Waals surface area contributed by atoms with Crippen molar-refractivity contribution < 1.29 is 4.74 Å². The van der Waals surface area contributed by atoms with Crippen LogP contribution in [0.25, 0.3) is 0 Å². The van der Waals surface area contributed by atoms with E-state index >= 15 is 0 Å². The molecule has 2 N–H and O–H groups in total. The SMILES string of the molecule is CC[C@H](N)c1cc(C)c(OC)c(C)c1.Cl. The highest BCUT2D eigenvalue weighted by Gasteiger charge is 2.09. The molecular formula is C12H20ClNO. The Bertz CT molecular complexity index is 302. The van der Waals surface area contributed by atoms with Gasteiger partial charge in [-0.25, -0.2) is 0 Å². The van der Waals surface area contributed by atoms with Crippen LogP contribution in [-0.4, -0.2) is 7.11 Å². The summed E-state index contributed by atoms with van der Waals surface area (Å²) in [5.74, 6) is 0.969. The summed E-state index contributed by atoms with van der Waals surface area (Å²) in [4.78, 5) is 0. The summed E-state index contributed by atoms with van der Waals surface area (Å²) in [6.07, 6.45) is 0.964. The molecule has 3 heteroatoms. The largest absolute Gasteiger partial charge is 0.496 e. The Balaban J connectivity index is 0.00000196. The van der Waals surface area contributed by atoms with Gasteiger partial charge < -0.3 is 10.5 Å². The Labute approximate surface area is 98.2 Å². The van der Waals surface area contributed by atoms with Crippen LogP contribution in [0.2, 0.25) is 0 Å². The third-order valence-corrected chi connectivity index (χ3v) is 2.55. The summed E-state index contributed by atoms with van der Waals surface area (Å²) in [7, 11) is 1.70. The molecule has 0 radical (unpaired) electrons. The van der Waals surface area contributed by atoms with Gasteiger partial charge in [-0.1, -0.05) is 19.1 Å². The minimum Gasteiger partial charge on any atom is -0.496 e. The summed E-state index contributed by atoms with van der Waals surface area (Å²) in [6.45, 7) is 6.20. The zero-order valence-corrected chi connectivity index (χ0v) is 10.6. The molecule has 0 aliphatic rings. The number of halogens is 1. The normalized spacial score (nSPS) is 11.8. The maximum Gasteiger partial charge on any atom is 0.124 e. The Morgan fingerprint density at radius 1 is 1.27 bits per heavy atom. The number of ether oxygens (including phenoxy) is 1. The average Bonchev–Trinajstić information content (AvgIpc) is 2.16. The highest BCUT2D eigenvalue weighted by molar-refractivity contribution is 5.85. The molecule has 1 aromatic rings. The molecular weight excluding hydrogens is 210 g/mol. The van der Waals surface area contributed by atoms with E-state index in [1.165, 1.54) is 5.56 Å². The first-order valence-electron chi connectivity index (χ1n) is 5.00. The van der Waals surface area contributed by atoms with Crippen LogP contribution in [0.5, 0.6) is 5.75 Å². The van der Waals surface area contributed by atoms with E-state index in [0.29, 0.717) is 0 Å². The monoisotopic (exact) mass is 229 g/mol. The predicted octanol–water partition coefficient (Wildman–Crippen LogP) is 3.14. The maximum absolute atomic E-state index is 5.98. The summed E-state index contributed by atoms with van der Waals surface area (Å²) < 4.78 is 5.30. The van der Waals surface area contributed by atoms with Gasteiger partial charge in [-0.05, 0) is 37.0 Å². The third kappa shape index (κ3) is 3.11. The zero-order valence-electron chi connectivity index (χ0n) is 9.83. The fraction of sp³-hybridized carbons (Fsp3) is 0.500. The molecule has 0 spiro atoms. The molecule has 1 aromatic carbocycles. The zero-order chi connectivity index (χ0) is 10.7. The van der Waals surface area contributed by atoms with Crippen molar-refractivity contribution in [3.63, 3.8) is 0 Å². The van der Waals surface area contributed by atoms with Crippen molar-refractivity contribution in [2.24, 2.45) is 5.73 Å². The number of rotatable bonds is 3. The van der Waals surface area contributed by atoms with Crippen LogP contribution in [-0.2, 0) is 0 Å². The number of nitrogens with two attached hydrogens (primary N) is 1. The van der Waals surface area contributed by atoms with Crippen molar-refractivity contribution in [2.45, 2.75) is 33.2 Å². The van der Waals surface area contributed by atoms with Gasteiger partial charge in [0, 0.05) is 6.04 Å². The Hall–Kier alpha value is -0.730. The first-order chi connectivity index (χ1) is 6.60. The first kappa shape index (κ1) is 14.3. The summed E-state index contributed by atoms with van der Waals surface area (Å²) >= 11 is 0. The molecule has 0 bridgehead atoms. The number of hydrogen-bond acceptors (Lipinski definition) is 2. The average molecular weight is 230 g/mol. The van der Waals surface area contributed by atoms with Crippen LogP contribution in [0, 0.1) is 13.8 Å². The van der Waals surface area contributed by atoms with Crippen molar-refractivity contribution in [3.8, 4) is 5.75 Å². The van der Waals surface area contributed by atoms with Crippen LogP contribution in [0.4, 0.5) is 0 Å². The minimum atomic E-state index is 0. The van der Waals surface area contributed by atoms with Crippen molar-refractivity contribution in [1.29, 1.82) is 0 Å². The molecule has 0 aliphatic carbocycles. The van der Waals surface area contributed by atoms with Crippen molar-refractivity contribution >= 4 is 12.4 Å². The molecule has 0 aromatic heterocycles. The molecule has 15 heavy (non-hydrogen) atoms. The lowest BCUT2D eigenvalue weighted by Gasteiger charge is -2.14. The highest BCUT2D eigenvalue weighted by Crippen LogP contribution is 2.27. The Morgan fingerprint density at radius 2 is 1.73 bits per heavy atom. The molecule has 1 rings (SSSR count).